The molecule has 4 N–H and O–H groups in total. The average molecular weight is 255 g/mol. The van der Waals surface area contributed by atoms with E-state index >= 15 is 0 Å². The molecule has 0 aromatic heterocycles. The smallest absolute Gasteiger partial charge is 0.356 e. The molecule has 98 valence electrons. The first kappa shape index (κ1) is 13.9. The molecule has 0 aromatic carbocycles. The van der Waals surface area contributed by atoms with Crippen molar-refractivity contribution in [3.63, 3.8) is 0 Å². The molecule has 1 rings (SSSR count). The topological polar surface area (TPSA) is 83.0 Å². The average Bonchev–Trinajstić information content (AvgIpc) is 2.59. The van der Waals surface area contributed by atoms with Crippen molar-refractivity contribution in [3.8, 4) is 0 Å². The lowest BCUT2D eigenvalue weighted by molar-refractivity contribution is -0.408. The maximum Gasteiger partial charge on any atom is 0.522 e. The molecule has 0 aromatic rings. The second-order valence-electron chi connectivity index (χ2n) is 3.91. The van der Waals surface area contributed by atoms with Crippen LogP contribution >= 0.6 is 0 Å². The van der Waals surface area contributed by atoms with E-state index < -0.39 is 24.8 Å². The Labute approximate surface area is 95.5 Å². The molecule has 1 aliphatic heterocycles. The van der Waals surface area contributed by atoms with E-state index in [4.69, 9.17) is 0 Å². The number of rotatable bonds is 5. The van der Waals surface area contributed by atoms with E-state index in [9.17, 15) is 22.8 Å². The number of ketones is 1. The standard InChI is InChI=1S/C9H13F3N2O3/c10-9(11,12)17-4-7(15)6(13)3-5-1-2-14-8(5)16/h5-6H,1-4,13H2,(H,14,16)/p+1/t5-,6-/m0/s1. The second-order valence-corrected chi connectivity index (χ2v) is 3.91. The second kappa shape index (κ2) is 5.46. The summed E-state index contributed by atoms with van der Waals surface area (Å²) in [6.45, 7) is -0.518. The summed E-state index contributed by atoms with van der Waals surface area (Å²) in [6, 6.07) is -0.855. The van der Waals surface area contributed by atoms with Crippen molar-refractivity contribution in [2.75, 3.05) is 13.2 Å². The zero-order valence-corrected chi connectivity index (χ0v) is 9.05. The quantitative estimate of drug-likeness (QED) is 0.676. The van der Waals surface area contributed by atoms with Gasteiger partial charge in [-0.1, -0.05) is 0 Å². The van der Waals surface area contributed by atoms with Gasteiger partial charge in [-0.05, 0) is 6.42 Å². The molecule has 2 atom stereocenters. The first-order chi connectivity index (χ1) is 7.79. The fourth-order valence-electron chi connectivity index (χ4n) is 1.62. The van der Waals surface area contributed by atoms with E-state index in [1.54, 1.807) is 0 Å². The minimum Gasteiger partial charge on any atom is -0.356 e. The molecular weight excluding hydrogens is 241 g/mol. The number of carbonyl (C=O) groups excluding carboxylic acids is 2. The zero-order valence-electron chi connectivity index (χ0n) is 9.05. The Bertz CT molecular complexity index is 306. The van der Waals surface area contributed by atoms with Gasteiger partial charge in [0.2, 0.25) is 11.7 Å². The normalized spacial score (nSPS) is 22.4. The van der Waals surface area contributed by atoms with Crippen LogP contribution in [0, 0.1) is 5.92 Å². The predicted octanol–water partition coefficient (Wildman–Crippen LogP) is -0.771. The number of alkyl halides is 3. The van der Waals surface area contributed by atoms with Crippen molar-refractivity contribution in [1.82, 2.24) is 5.32 Å². The molecule has 17 heavy (non-hydrogen) atoms. The van der Waals surface area contributed by atoms with E-state index in [0.29, 0.717) is 13.0 Å². The highest BCUT2D eigenvalue weighted by atomic mass is 19.4. The third-order valence-corrected chi connectivity index (χ3v) is 2.57. The molecule has 0 radical (unpaired) electrons. The summed E-state index contributed by atoms with van der Waals surface area (Å²) in [5, 5.41) is 2.58. The highest BCUT2D eigenvalue weighted by Crippen LogP contribution is 2.17. The summed E-state index contributed by atoms with van der Waals surface area (Å²) in [5.41, 5.74) is 3.46. The number of quaternary nitrogens is 1. The lowest BCUT2D eigenvalue weighted by Crippen LogP contribution is -2.66. The van der Waals surface area contributed by atoms with Crippen LogP contribution in [0.15, 0.2) is 0 Å². The molecule has 1 aliphatic rings. The molecule has 1 amide bonds. The van der Waals surface area contributed by atoms with Crippen molar-refractivity contribution in [3.05, 3.63) is 0 Å². The van der Waals surface area contributed by atoms with Crippen LogP contribution in [0.4, 0.5) is 13.2 Å². The first-order valence-corrected chi connectivity index (χ1v) is 5.14. The van der Waals surface area contributed by atoms with E-state index in [-0.39, 0.29) is 18.2 Å². The Morgan fingerprint density at radius 3 is 2.71 bits per heavy atom. The number of carbonyl (C=O) groups is 2. The lowest BCUT2D eigenvalue weighted by Gasteiger charge is -2.12. The van der Waals surface area contributed by atoms with Crippen molar-refractivity contribution in [2.24, 2.45) is 5.92 Å². The van der Waals surface area contributed by atoms with Crippen LogP contribution in [0.3, 0.4) is 0 Å². The predicted molar refractivity (Wildman–Crippen MR) is 49.4 cm³/mol. The van der Waals surface area contributed by atoms with Crippen LogP contribution in [0.25, 0.3) is 0 Å². The molecule has 1 fully saturated rings. The molecule has 0 bridgehead atoms. The van der Waals surface area contributed by atoms with Crippen LogP contribution in [-0.2, 0) is 14.3 Å². The summed E-state index contributed by atoms with van der Waals surface area (Å²) in [6.07, 6.45) is -4.08. The van der Waals surface area contributed by atoms with Crippen LogP contribution in [0.2, 0.25) is 0 Å². The molecule has 8 heteroatoms. The maximum absolute atomic E-state index is 11.7. The Hall–Kier alpha value is -1.15. The minimum atomic E-state index is -4.82. The van der Waals surface area contributed by atoms with Gasteiger partial charge >= 0.3 is 6.36 Å². The fourth-order valence-corrected chi connectivity index (χ4v) is 1.62. The first-order valence-electron chi connectivity index (χ1n) is 5.14. The summed E-state index contributed by atoms with van der Waals surface area (Å²) >= 11 is 0. The van der Waals surface area contributed by atoms with Gasteiger partial charge in [-0.3, -0.25) is 14.3 Å². The Kier molecular flexibility index (Phi) is 4.47. The molecular formula is C9H14F3N2O3+. The van der Waals surface area contributed by atoms with Crippen molar-refractivity contribution >= 4 is 11.7 Å². The number of nitrogens with one attached hydrogen (secondary N) is 1. The number of hydrogen-bond acceptors (Lipinski definition) is 3. The molecule has 0 spiro atoms. The van der Waals surface area contributed by atoms with E-state index in [0.717, 1.165) is 0 Å². The lowest BCUT2D eigenvalue weighted by atomic mass is 9.97. The molecule has 0 unspecified atom stereocenters. The van der Waals surface area contributed by atoms with Gasteiger partial charge in [-0.2, -0.15) is 0 Å². The van der Waals surface area contributed by atoms with Crippen LogP contribution in [0.1, 0.15) is 12.8 Å². The molecule has 1 saturated heterocycles. The number of hydrogen-bond donors (Lipinski definition) is 2. The fraction of sp³-hybridized carbons (Fsp3) is 0.778. The molecule has 0 aliphatic carbocycles. The SMILES string of the molecule is [NH3+][C@@H](C[C@@H]1CCNC1=O)C(=O)COC(F)(F)F. The Morgan fingerprint density at radius 1 is 1.59 bits per heavy atom. The molecule has 0 saturated carbocycles. The van der Waals surface area contributed by atoms with Gasteiger partial charge in [0.05, 0.1) is 0 Å². The zero-order chi connectivity index (χ0) is 13.1. The molecule has 5 nitrogen and oxygen atoms in total. The van der Waals surface area contributed by atoms with E-state index in [2.05, 4.69) is 15.8 Å². The third kappa shape index (κ3) is 4.70. The Balaban J connectivity index is 2.34. The molecule has 1 heterocycles. The maximum atomic E-state index is 11.7. The largest absolute Gasteiger partial charge is 0.522 e. The van der Waals surface area contributed by atoms with Crippen LogP contribution in [-0.4, -0.2) is 37.2 Å². The number of Topliss-reactive ketones (excluding diaryl/α,β-unsaturated/α-hetero) is 1. The number of ether oxygens (including phenoxy) is 1. The van der Waals surface area contributed by atoms with Gasteiger partial charge < -0.3 is 11.1 Å². The Morgan fingerprint density at radius 2 is 2.24 bits per heavy atom. The summed E-state index contributed by atoms with van der Waals surface area (Å²) in [4.78, 5) is 22.5. The van der Waals surface area contributed by atoms with E-state index in [1.165, 1.54) is 0 Å². The summed E-state index contributed by atoms with van der Waals surface area (Å²) in [5.74, 6) is -1.27. The number of halogens is 3. The summed E-state index contributed by atoms with van der Waals surface area (Å²) in [7, 11) is 0. The van der Waals surface area contributed by atoms with Gasteiger partial charge in [0.1, 0.15) is 12.6 Å². The van der Waals surface area contributed by atoms with E-state index in [1.807, 2.05) is 0 Å². The van der Waals surface area contributed by atoms with Gasteiger partial charge in [-0.25, -0.2) is 0 Å². The van der Waals surface area contributed by atoms with Gasteiger partial charge in [0.25, 0.3) is 0 Å². The van der Waals surface area contributed by atoms with Crippen molar-refractivity contribution in [1.29, 1.82) is 0 Å². The minimum absolute atomic E-state index is 0.159. The highest BCUT2D eigenvalue weighted by Gasteiger charge is 2.34. The van der Waals surface area contributed by atoms with Crippen molar-refractivity contribution < 1.29 is 33.2 Å². The van der Waals surface area contributed by atoms with Gasteiger partial charge in [0.15, 0.2) is 0 Å². The number of amides is 1. The van der Waals surface area contributed by atoms with Gasteiger partial charge in [0, 0.05) is 18.9 Å². The van der Waals surface area contributed by atoms with Gasteiger partial charge in [-0.15, -0.1) is 13.2 Å². The van der Waals surface area contributed by atoms with Crippen LogP contribution in [0.5, 0.6) is 0 Å². The third-order valence-electron chi connectivity index (χ3n) is 2.57. The van der Waals surface area contributed by atoms with Crippen LogP contribution < -0.4 is 11.1 Å². The monoisotopic (exact) mass is 255 g/mol. The highest BCUT2D eigenvalue weighted by molar-refractivity contribution is 5.85. The summed E-state index contributed by atoms with van der Waals surface area (Å²) < 4.78 is 38.5. The van der Waals surface area contributed by atoms with Crippen molar-refractivity contribution in [2.45, 2.75) is 25.2 Å².